The van der Waals surface area contributed by atoms with Crippen molar-refractivity contribution in [1.29, 1.82) is 0 Å². The Morgan fingerprint density at radius 3 is 2.31 bits per heavy atom. The van der Waals surface area contributed by atoms with E-state index in [4.69, 9.17) is 11.6 Å². The molecule has 0 saturated carbocycles. The lowest BCUT2D eigenvalue weighted by molar-refractivity contribution is 0.181. The third kappa shape index (κ3) is 4.40. The molecule has 3 rings (SSSR count). The summed E-state index contributed by atoms with van der Waals surface area (Å²) in [6, 6.07) is 11.9. The van der Waals surface area contributed by atoms with Crippen molar-refractivity contribution in [1.82, 2.24) is 9.21 Å². The lowest BCUT2D eigenvalue weighted by Gasteiger charge is -2.34. The zero-order valence-corrected chi connectivity index (χ0v) is 16.7. The van der Waals surface area contributed by atoms with Crippen molar-refractivity contribution in [2.24, 2.45) is 0 Å². The molecule has 0 radical (unpaired) electrons. The standard InChI is InChI=1S/C18H20ClFN2O2S2/c1-25-15-4-2-14(3-5-15)13-21-8-10-22(11-9-21)26(23,24)16-6-7-18(20)17(19)12-16/h2-7,12H,8-11,13H2,1H3. The maximum Gasteiger partial charge on any atom is 0.243 e. The van der Waals surface area contributed by atoms with E-state index in [9.17, 15) is 12.8 Å². The summed E-state index contributed by atoms with van der Waals surface area (Å²) in [4.78, 5) is 3.49. The van der Waals surface area contributed by atoms with Gasteiger partial charge < -0.3 is 0 Å². The number of nitrogens with zero attached hydrogens (tertiary/aromatic N) is 2. The van der Waals surface area contributed by atoms with Gasteiger partial charge in [0, 0.05) is 37.6 Å². The molecule has 0 amide bonds. The van der Waals surface area contributed by atoms with Gasteiger partial charge in [0.1, 0.15) is 5.82 Å². The molecule has 0 atom stereocenters. The molecule has 1 aliphatic heterocycles. The first-order chi connectivity index (χ1) is 12.4. The van der Waals surface area contributed by atoms with E-state index in [0.29, 0.717) is 26.2 Å². The first-order valence-electron chi connectivity index (χ1n) is 8.20. The van der Waals surface area contributed by atoms with E-state index in [1.807, 2.05) is 6.26 Å². The third-order valence-electron chi connectivity index (χ3n) is 4.43. The Kier molecular flexibility index (Phi) is 6.25. The van der Waals surface area contributed by atoms with Crippen molar-refractivity contribution in [3.8, 4) is 0 Å². The predicted molar refractivity (Wildman–Crippen MR) is 104 cm³/mol. The number of thioether (sulfide) groups is 1. The van der Waals surface area contributed by atoms with E-state index in [0.717, 1.165) is 12.6 Å². The summed E-state index contributed by atoms with van der Waals surface area (Å²) in [6.45, 7) is 2.91. The number of sulfonamides is 1. The minimum absolute atomic E-state index is 0.0324. The molecule has 2 aromatic carbocycles. The van der Waals surface area contributed by atoms with E-state index in [1.54, 1.807) is 11.8 Å². The number of rotatable bonds is 5. The second-order valence-corrected chi connectivity index (χ2v) is 9.33. The lowest BCUT2D eigenvalue weighted by Crippen LogP contribution is -2.48. The molecule has 0 aromatic heterocycles. The normalized spacial score (nSPS) is 16.7. The quantitative estimate of drug-likeness (QED) is 0.699. The van der Waals surface area contributed by atoms with Gasteiger partial charge >= 0.3 is 0 Å². The predicted octanol–water partition coefficient (Wildman–Crippen LogP) is 3.71. The molecule has 0 aliphatic carbocycles. The fourth-order valence-electron chi connectivity index (χ4n) is 2.90. The van der Waals surface area contributed by atoms with Crippen LogP contribution in [0.3, 0.4) is 0 Å². The summed E-state index contributed by atoms with van der Waals surface area (Å²) < 4.78 is 40.1. The van der Waals surface area contributed by atoms with E-state index in [2.05, 4.69) is 29.2 Å². The minimum atomic E-state index is -3.65. The Balaban J connectivity index is 1.62. The molecule has 8 heteroatoms. The highest BCUT2D eigenvalue weighted by Gasteiger charge is 2.28. The number of piperazine rings is 1. The monoisotopic (exact) mass is 414 g/mol. The summed E-state index contributed by atoms with van der Waals surface area (Å²) in [7, 11) is -3.65. The molecule has 4 nitrogen and oxygen atoms in total. The lowest BCUT2D eigenvalue weighted by atomic mass is 10.2. The largest absolute Gasteiger partial charge is 0.296 e. The fourth-order valence-corrected chi connectivity index (χ4v) is 5.01. The van der Waals surface area contributed by atoms with Gasteiger partial charge in [-0.25, -0.2) is 12.8 Å². The van der Waals surface area contributed by atoms with Gasteiger partial charge in [-0.3, -0.25) is 4.90 Å². The number of halogens is 2. The molecule has 26 heavy (non-hydrogen) atoms. The summed E-state index contributed by atoms with van der Waals surface area (Å²) in [5.74, 6) is -0.622. The molecule has 0 bridgehead atoms. The zero-order chi connectivity index (χ0) is 18.7. The highest BCUT2D eigenvalue weighted by molar-refractivity contribution is 7.98. The van der Waals surface area contributed by atoms with Gasteiger partial charge in [0.15, 0.2) is 0 Å². The highest BCUT2D eigenvalue weighted by atomic mass is 35.5. The molecule has 1 saturated heterocycles. The van der Waals surface area contributed by atoms with Crippen LogP contribution in [0.1, 0.15) is 5.56 Å². The van der Waals surface area contributed by atoms with E-state index in [1.165, 1.54) is 26.9 Å². The molecule has 0 N–H and O–H groups in total. The van der Waals surface area contributed by atoms with Crippen LogP contribution in [-0.4, -0.2) is 50.1 Å². The van der Waals surface area contributed by atoms with Crippen molar-refractivity contribution >= 4 is 33.4 Å². The second-order valence-electron chi connectivity index (χ2n) is 6.10. The molecule has 1 heterocycles. The molecule has 1 fully saturated rings. The molecular weight excluding hydrogens is 395 g/mol. The Morgan fingerprint density at radius 1 is 1.08 bits per heavy atom. The zero-order valence-electron chi connectivity index (χ0n) is 14.4. The van der Waals surface area contributed by atoms with Crippen molar-refractivity contribution in [3.63, 3.8) is 0 Å². The van der Waals surface area contributed by atoms with Gasteiger partial charge in [0.2, 0.25) is 10.0 Å². The average Bonchev–Trinajstić information content (AvgIpc) is 2.65. The van der Waals surface area contributed by atoms with Gasteiger partial charge in [0.25, 0.3) is 0 Å². The Labute approximate surface area is 163 Å². The van der Waals surface area contributed by atoms with Crippen LogP contribution < -0.4 is 0 Å². The van der Waals surface area contributed by atoms with Crippen LogP contribution in [0.25, 0.3) is 0 Å². The van der Waals surface area contributed by atoms with Crippen LogP contribution >= 0.6 is 23.4 Å². The second kappa shape index (κ2) is 8.27. The van der Waals surface area contributed by atoms with Gasteiger partial charge in [-0.05, 0) is 42.2 Å². The van der Waals surface area contributed by atoms with Gasteiger partial charge in [0.05, 0.1) is 9.92 Å². The smallest absolute Gasteiger partial charge is 0.243 e. The van der Waals surface area contributed by atoms with Crippen LogP contribution in [0, 0.1) is 5.82 Å². The molecule has 1 aliphatic rings. The first kappa shape index (κ1) is 19.6. The van der Waals surface area contributed by atoms with Crippen LogP contribution in [0.2, 0.25) is 5.02 Å². The Bertz CT molecular complexity index is 867. The minimum Gasteiger partial charge on any atom is -0.296 e. The van der Waals surface area contributed by atoms with Gasteiger partial charge in [-0.1, -0.05) is 23.7 Å². The summed E-state index contributed by atoms with van der Waals surface area (Å²) >= 11 is 7.43. The van der Waals surface area contributed by atoms with Gasteiger partial charge in [-0.15, -0.1) is 11.8 Å². The highest BCUT2D eigenvalue weighted by Crippen LogP contribution is 2.23. The third-order valence-corrected chi connectivity index (χ3v) is 7.35. The number of hydrogen-bond donors (Lipinski definition) is 0. The Hall–Kier alpha value is -1.12. The molecule has 2 aromatic rings. The van der Waals surface area contributed by atoms with Crippen molar-refractivity contribution in [2.45, 2.75) is 16.3 Å². The van der Waals surface area contributed by atoms with Crippen LogP contribution in [0.4, 0.5) is 4.39 Å². The molecule has 0 spiro atoms. The van der Waals surface area contributed by atoms with E-state index < -0.39 is 15.8 Å². The van der Waals surface area contributed by atoms with Gasteiger partial charge in [-0.2, -0.15) is 4.31 Å². The van der Waals surface area contributed by atoms with Crippen LogP contribution in [-0.2, 0) is 16.6 Å². The summed E-state index contributed by atoms with van der Waals surface area (Å²) in [5, 5.41) is -0.182. The molecule has 140 valence electrons. The van der Waals surface area contributed by atoms with Crippen LogP contribution in [0.5, 0.6) is 0 Å². The van der Waals surface area contributed by atoms with Crippen molar-refractivity contribution in [2.75, 3.05) is 32.4 Å². The average molecular weight is 415 g/mol. The fraction of sp³-hybridized carbons (Fsp3) is 0.333. The van der Waals surface area contributed by atoms with Crippen molar-refractivity contribution in [3.05, 3.63) is 58.9 Å². The summed E-state index contributed by atoms with van der Waals surface area (Å²) in [6.07, 6.45) is 2.04. The maximum absolute atomic E-state index is 13.3. The molecule has 0 unspecified atom stereocenters. The topological polar surface area (TPSA) is 40.6 Å². The van der Waals surface area contributed by atoms with E-state index >= 15 is 0 Å². The Morgan fingerprint density at radius 2 is 1.73 bits per heavy atom. The van der Waals surface area contributed by atoms with Crippen molar-refractivity contribution < 1.29 is 12.8 Å². The van der Waals surface area contributed by atoms with Crippen LogP contribution in [0.15, 0.2) is 52.3 Å². The molecular formula is C18H20ClFN2O2S2. The number of benzene rings is 2. The van der Waals surface area contributed by atoms with E-state index in [-0.39, 0.29) is 9.92 Å². The summed E-state index contributed by atoms with van der Waals surface area (Å²) in [5.41, 5.74) is 1.21. The number of hydrogen-bond acceptors (Lipinski definition) is 4. The SMILES string of the molecule is CSc1ccc(CN2CCN(S(=O)(=O)c3ccc(F)c(Cl)c3)CC2)cc1. The maximum atomic E-state index is 13.3. The first-order valence-corrected chi connectivity index (χ1v) is 11.2.